The number of carbonyl (C=O) groups excluding carboxylic acids is 1. The molecule has 2 nitrogen and oxygen atoms in total. The second-order valence-corrected chi connectivity index (χ2v) is 9.58. The number of hydrogen-bond acceptors (Lipinski definition) is 1. The lowest BCUT2D eigenvalue weighted by Gasteiger charge is -2.51. The fourth-order valence-corrected chi connectivity index (χ4v) is 6.22. The largest absolute Gasteiger partial charge is 0.326 e. The molecule has 2 atom stereocenters. The molecule has 4 heteroatoms. The first-order chi connectivity index (χ1) is 14.5. The Morgan fingerprint density at radius 1 is 0.800 bits per heavy atom. The number of anilines is 1. The molecule has 2 unspecified atom stereocenters. The van der Waals surface area contributed by atoms with E-state index in [0.717, 1.165) is 0 Å². The van der Waals surface area contributed by atoms with Crippen molar-refractivity contribution in [2.24, 2.45) is 17.8 Å². The van der Waals surface area contributed by atoms with Gasteiger partial charge in [0.1, 0.15) is 0 Å². The summed E-state index contributed by atoms with van der Waals surface area (Å²) in [6.07, 6.45) is 0. The highest BCUT2D eigenvalue weighted by Gasteiger charge is 2.53. The Bertz CT molecular complexity index is 1070. The Labute approximate surface area is 187 Å². The van der Waals surface area contributed by atoms with Crippen LogP contribution in [0.25, 0.3) is 0 Å². The summed E-state index contributed by atoms with van der Waals surface area (Å²) in [5.41, 5.74) is 5.94. The smallest absolute Gasteiger partial charge is 0.228 e. The van der Waals surface area contributed by atoms with Crippen LogP contribution in [0.2, 0.25) is 10.0 Å². The molecule has 0 fully saturated rings. The molecule has 1 amide bonds. The number of hydrogen-bond donors (Lipinski definition) is 1. The molecular formula is C26H23Cl2NO. The van der Waals surface area contributed by atoms with Crippen molar-refractivity contribution in [3.63, 3.8) is 0 Å². The molecule has 1 N–H and O–H groups in total. The molecule has 0 saturated carbocycles. The van der Waals surface area contributed by atoms with E-state index in [1.165, 1.54) is 22.3 Å². The monoisotopic (exact) mass is 435 g/mol. The Kier molecular flexibility index (Phi) is 4.88. The molecule has 0 spiro atoms. The lowest BCUT2D eigenvalue weighted by atomic mass is 9.52. The van der Waals surface area contributed by atoms with Crippen molar-refractivity contribution >= 4 is 34.8 Å². The van der Waals surface area contributed by atoms with Crippen molar-refractivity contribution in [2.45, 2.75) is 25.7 Å². The van der Waals surface area contributed by atoms with Crippen molar-refractivity contribution in [3.05, 3.63) is 99.0 Å². The lowest BCUT2D eigenvalue weighted by molar-refractivity contribution is -0.123. The van der Waals surface area contributed by atoms with Gasteiger partial charge in [0.25, 0.3) is 0 Å². The molecule has 0 aromatic heterocycles. The number of amides is 1. The molecule has 3 aliphatic rings. The second-order valence-electron chi connectivity index (χ2n) is 8.71. The highest BCUT2D eigenvalue weighted by Crippen LogP contribution is 2.60. The molecule has 3 aromatic carbocycles. The van der Waals surface area contributed by atoms with Crippen molar-refractivity contribution < 1.29 is 4.79 Å². The van der Waals surface area contributed by atoms with Crippen LogP contribution in [0.3, 0.4) is 0 Å². The average Bonchev–Trinajstić information content (AvgIpc) is 2.72. The van der Waals surface area contributed by atoms with E-state index in [-0.39, 0.29) is 29.6 Å². The SMILES string of the molecule is CC(C)C1C2c3ccccc3C(c3ccccc32)C1C(=O)Nc1cc(Cl)cc(Cl)c1. The van der Waals surface area contributed by atoms with Gasteiger partial charge in [0.05, 0.1) is 5.92 Å². The molecule has 30 heavy (non-hydrogen) atoms. The highest BCUT2D eigenvalue weighted by atomic mass is 35.5. The van der Waals surface area contributed by atoms with Crippen LogP contribution in [0.4, 0.5) is 5.69 Å². The first-order valence-corrected chi connectivity index (χ1v) is 11.2. The van der Waals surface area contributed by atoms with Crippen molar-refractivity contribution in [1.29, 1.82) is 0 Å². The average molecular weight is 436 g/mol. The maximum absolute atomic E-state index is 13.7. The Morgan fingerprint density at radius 3 is 1.73 bits per heavy atom. The predicted octanol–water partition coefficient (Wildman–Crippen LogP) is 7.11. The van der Waals surface area contributed by atoms with Crippen LogP contribution in [-0.2, 0) is 4.79 Å². The lowest BCUT2D eigenvalue weighted by Crippen LogP contribution is -2.47. The number of nitrogens with one attached hydrogen (secondary N) is 1. The number of fused-ring (bicyclic) bond motifs is 1. The standard InChI is InChI=1S/C26H23Cl2NO/c1-14(2)22-23-18-7-3-5-9-20(18)24(21-10-6-4-8-19(21)23)25(22)26(30)29-17-12-15(27)11-16(28)13-17/h3-14,22-25H,1-2H3,(H,29,30). The van der Waals surface area contributed by atoms with Crippen LogP contribution in [0.1, 0.15) is 47.9 Å². The molecule has 3 aliphatic carbocycles. The van der Waals surface area contributed by atoms with Crippen molar-refractivity contribution in [1.82, 2.24) is 0 Å². The van der Waals surface area contributed by atoms with Crippen LogP contribution in [0.15, 0.2) is 66.7 Å². The minimum atomic E-state index is -0.155. The zero-order chi connectivity index (χ0) is 21.0. The summed E-state index contributed by atoms with van der Waals surface area (Å²) in [5, 5.41) is 4.14. The topological polar surface area (TPSA) is 29.1 Å². The fraction of sp³-hybridized carbons (Fsp3) is 0.269. The van der Waals surface area contributed by atoms with Crippen LogP contribution in [0, 0.1) is 17.8 Å². The molecular weight excluding hydrogens is 413 g/mol. The molecule has 0 aliphatic heterocycles. The maximum Gasteiger partial charge on any atom is 0.228 e. The number of halogens is 2. The van der Waals surface area contributed by atoms with Gasteiger partial charge in [-0.3, -0.25) is 4.79 Å². The Morgan fingerprint density at radius 2 is 1.27 bits per heavy atom. The molecule has 0 radical (unpaired) electrons. The molecule has 0 heterocycles. The summed E-state index contributed by atoms with van der Waals surface area (Å²) >= 11 is 12.3. The van der Waals surface area contributed by atoms with E-state index >= 15 is 0 Å². The molecule has 2 bridgehead atoms. The second kappa shape index (κ2) is 7.44. The zero-order valence-electron chi connectivity index (χ0n) is 16.9. The summed E-state index contributed by atoms with van der Waals surface area (Å²) in [5.74, 6) is 0.724. The van der Waals surface area contributed by atoms with Gasteiger partial charge in [-0.25, -0.2) is 0 Å². The van der Waals surface area contributed by atoms with E-state index in [0.29, 0.717) is 21.7 Å². The van der Waals surface area contributed by atoms with Gasteiger partial charge < -0.3 is 5.32 Å². The van der Waals surface area contributed by atoms with E-state index in [2.05, 4.69) is 67.7 Å². The minimum absolute atomic E-state index is 0.0334. The predicted molar refractivity (Wildman–Crippen MR) is 123 cm³/mol. The summed E-state index contributed by atoms with van der Waals surface area (Å²) in [4.78, 5) is 13.7. The number of carbonyl (C=O) groups is 1. The van der Waals surface area contributed by atoms with Crippen LogP contribution in [0.5, 0.6) is 0 Å². The van der Waals surface area contributed by atoms with Gasteiger partial charge in [-0.05, 0) is 52.3 Å². The van der Waals surface area contributed by atoms with Crippen molar-refractivity contribution in [2.75, 3.05) is 5.32 Å². The fourth-order valence-electron chi connectivity index (χ4n) is 5.70. The van der Waals surface area contributed by atoms with Crippen LogP contribution >= 0.6 is 23.2 Å². The summed E-state index contributed by atoms with van der Waals surface area (Å²) in [7, 11) is 0. The third kappa shape index (κ3) is 3.05. The minimum Gasteiger partial charge on any atom is -0.326 e. The summed E-state index contributed by atoms with van der Waals surface area (Å²) in [6, 6.07) is 22.4. The first-order valence-electron chi connectivity index (χ1n) is 10.4. The van der Waals surface area contributed by atoms with E-state index < -0.39 is 0 Å². The quantitative estimate of drug-likeness (QED) is 0.466. The van der Waals surface area contributed by atoms with Gasteiger partial charge in [0, 0.05) is 27.6 Å². The molecule has 0 saturated heterocycles. The molecule has 152 valence electrons. The summed E-state index contributed by atoms with van der Waals surface area (Å²) < 4.78 is 0. The van der Waals surface area contributed by atoms with Gasteiger partial charge in [-0.1, -0.05) is 85.6 Å². The van der Waals surface area contributed by atoms with Gasteiger partial charge in [0.2, 0.25) is 5.91 Å². The zero-order valence-corrected chi connectivity index (χ0v) is 18.4. The van der Waals surface area contributed by atoms with Crippen LogP contribution in [-0.4, -0.2) is 5.91 Å². The third-order valence-electron chi connectivity index (χ3n) is 6.69. The molecule has 3 aromatic rings. The Hall–Kier alpha value is -2.29. The van der Waals surface area contributed by atoms with E-state index in [9.17, 15) is 4.79 Å². The van der Waals surface area contributed by atoms with E-state index in [1.54, 1.807) is 18.2 Å². The maximum atomic E-state index is 13.7. The van der Waals surface area contributed by atoms with E-state index in [4.69, 9.17) is 23.2 Å². The van der Waals surface area contributed by atoms with E-state index in [1.807, 2.05) is 0 Å². The third-order valence-corrected chi connectivity index (χ3v) is 7.13. The first kappa shape index (κ1) is 19.7. The number of rotatable bonds is 3. The van der Waals surface area contributed by atoms with Gasteiger partial charge in [-0.2, -0.15) is 0 Å². The molecule has 6 rings (SSSR count). The van der Waals surface area contributed by atoms with Gasteiger partial charge in [0.15, 0.2) is 0 Å². The van der Waals surface area contributed by atoms with Gasteiger partial charge in [-0.15, -0.1) is 0 Å². The normalized spacial score (nSPS) is 23.8. The summed E-state index contributed by atoms with van der Waals surface area (Å²) in [6.45, 7) is 4.46. The van der Waals surface area contributed by atoms with Gasteiger partial charge >= 0.3 is 0 Å². The number of benzene rings is 3. The van der Waals surface area contributed by atoms with Crippen LogP contribution < -0.4 is 5.32 Å². The highest BCUT2D eigenvalue weighted by molar-refractivity contribution is 6.35. The Balaban J connectivity index is 1.63. The van der Waals surface area contributed by atoms with Crippen molar-refractivity contribution in [3.8, 4) is 0 Å².